The molecule has 1 rings (SSSR count). The highest BCUT2D eigenvalue weighted by molar-refractivity contribution is 8.93. The number of aryl methyl sites for hydroxylation is 1. The first-order chi connectivity index (χ1) is 11.8. The molecule has 0 amide bonds. The summed E-state index contributed by atoms with van der Waals surface area (Å²) in [6.45, 7) is 2.29. The number of benzene rings is 1. The van der Waals surface area contributed by atoms with E-state index in [1.165, 1.54) is 101 Å². The van der Waals surface area contributed by atoms with Crippen molar-refractivity contribution >= 4 is 22.7 Å². The van der Waals surface area contributed by atoms with Gasteiger partial charge in [0.25, 0.3) is 0 Å². The molecule has 2 heteroatoms. The zero-order valence-electron chi connectivity index (χ0n) is 17.1. The smallest absolute Gasteiger partial charge is 0.0393 e. The second-order valence-electron chi connectivity index (χ2n) is 7.52. The van der Waals surface area contributed by atoms with Crippen LogP contribution in [0.4, 0.5) is 5.69 Å². The van der Waals surface area contributed by atoms with Gasteiger partial charge in [0.1, 0.15) is 0 Å². The fourth-order valence-corrected chi connectivity index (χ4v) is 3.49. The van der Waals surface area contributed by atoms with E-state index >= 15 is 0 Å². The monoisotopic (exact) mass is 411 g/mol. The minimum atomic E-state index is 0. The van der Waals surface area contributed by atoms with Crippen molar-refractivity contribution in [2.75, 3.05) is 19.0 Å². The molecule has 25 heavy (non-hydrogen) atoms. The van der Waals surface area contributed by atoms with Crippen molar-refractivity contribution in [1.82, 2.24) is 0 Å². The molecule has 0 radical (unpaired) electrons. The van der Waals surface area contributed by atoms with Crippen LogP contribution in [0.1, 0.15) is 96.0 Å². The Morgan fingerprint density at radius 1 is 0.640 bits per heavy atom. The van der Waals surface area contributed by atoms with Gasteiger partial charge in [0.05, 0.1) is 0 Å². The van der Waals surface area contributed by atoms with Crippen molar-refractivity contribution < 1.29 is 0 Å². The highest BCUT2D eigenvalue weighted by Gasteiger charge is 2.03. The SMILES string of the molecule is Br.CCCCCCCCCCCCCCCc1ccccc1N(C)C. The van der Waals surface area contributed by atoms with Crippen molar-refractivity contribution in [2.45, 2.75) is 96.8 Å². The van der Waals surface area contributed by atoms with E-state index in [9.17, 15) is 0 Å². The standard InChI is InChI=1S/C23H41N.BrH/c1-4-5-6-7-8-9-10-11-12-13-14-15-16-19-22-20-17-18-21-23(22)24(2)3;/h17-18,20-21H,4-16,19H2,1-3H3;1H. The Hall–Kier alpha value is -0.500. The molecule has 0 saturated heterocycles. The van der Waals surface area contributed by atoms with Crippen LogP contribution < -0.4 is 4.90 Å². The normalized spacial score (nSPS) is 10.5. The maximum absolute atomic E-state index is 2.29. The lowest BCUT2D eigenvalue weighted by Gasteiger charge is -2.17. The first kappa shape index (κ1) is 24.5. The summed E-state index contributed by atoms with van der Waals surface area (Å²) in [5, 5.41) is 0. The Bertz CT molecular complexity index is 403. The van der Waals surface area contributed by atoms with E-state index in [0.717, 1.165) is 0 Å². The third-order valence-corrected chi connectivity index (χ3v) is 5.02. The molecule has 1 aromatic carbocycles. The molecular weight excluding hydrogens is 370 g/mol. The summed E-state index contributed by atoms with van der Waals surface area (Å²) in [5.41, 5.74) is 2.89. The summed E-state index contributed by atoms with van der Waals surface area (Å²) in [6, 6.07) is 8.83. The van der Waals surface area contributed by atoms with Gasteiger partial charge in [-0.1, -0.05) is 102 Å². The third-order valence-electron chi connectivity index (χ3n) is 5.02. The Morgan fingerprint density at radius 2 is 1.08 bits per heavy atom. The number of nitrogens with zero attached hydrogens (tertiary/aromatic N) is 1. The lowest BCUT2D eigenvalue weighted by molar-refractivity contribution is 0.539. The van der Waals surface area contributed by atoms with E-state index in [-0.39, 0.29) is 17.0 Å². The molecule has 146 valence electrons. The Labute approximate surface area is 168 Å². The molecule has 0 heterocycles. The van der Waals surface area contributed by atoms with Crippen LogP contribution in [0.5, 0.6) is 0 Å². The van der Waals surface area contributed by atoms with E-state index in [1.54, 1.807) is 0 Å². The average Bonchev–Trinajstić information content (AvgIpc) is 2.59. The molecule has 0 fully saturated rings. The number of anilines is 1. The van der Waals surface area contributed by atoms with E-state index in [4.69, 9.17) is 0 Å². The number of para-hydroxylation sites is 1. The minimum absolute atomic E-state index is 0. The van der Waals surface area contributed by atoms with Crippen molar-refractivity contribution in [1.29, 1.82) is 0 Å². The highest BCUT2D eigenvalue weighted by Crippen LogP contribution is 2.20. The molecule has 0 bridgehead atoms. The summed E-state index contributed by atoms with van der Waals surface area (Å²) < 4.78 is 0. The predicted molar refractivity (Wildman–Crippen MR) is 120 cm³/mol. The largest absolute Gasteiger partial charge is 0.377 e. The van der Waals surface area contributed by atoms with Gasteiger partial charge >= 0.3 is 0 Å². The van der Waals surface area contributed by atoms with E-state index < -0.39 is 0 Å². The fraction of sp³-hybridized carbons (Fsp3) is 0.739. The third kappa shape index (κ3) is 12.5. The van der Waals surface area contributed by atoms with Crippen molar-refractivity contribution in [3.05, 3.63) is 29.8 Å². The molecule has 0 unspecified atom stereocenters. The number of unbranched alkanes of at least 4 members (excludes halogenated alkanes) is 12. The van der Waals surface area contributed by atoms with Gasteiger partial charge in [-0.2, -0.15) is 0 Å². The summed E-state index contributed by atoms with van der Waals surface area (Å²) in [4.78, 5) is 2.23. The number of halogens is 1. The number of rotatable bonds is 15. The fourth-order valence-electron chi connectivity index (χ4n) is 3.49. The van der Waals surface area contributed by atoms with E-state index in [0.29, 0.717) is 0 Å². The first-order valence-electron chi connectivity index (χ1n) is 10.5. The van der Waals surface area contributed by atoms with Crippen LogP contribution in [0.15, 0.2) is 24.3 Å². The molecule has 0 aliphatic carbocycles. The zero-order chi connectivity index (χ0) is 17.5. The predicted octanol–water partition coefficient (Wildman–Crippen LogP) is 7.96. The quantitative estimate of drug-likeness (QED) is 0.264. The van der Waals surface area contributed by atoms with Gasteiger partial charge in [0.2, 0.25) is 0 Å². The van der Waals surface area contributed by atoms with Crippen LogP contribution >= 0.6 is 17.0 Å². The molecule has 0 atom stereocenters. The minimum Gasteiger partial charge on any atom is -0.377 e. The second kappa shape index (κ2) is 16.9. The van der Waals surface area contributed by atoms with Gasteiger partial charge in [-0.25, -0.2) is 0 Å². The summed E-state index contributed by atoms with van der Waals surface area (Å²) in [7, 11) is 4.28. The van der Waals surface area contributed by atoms with E-state index in [2.05, 4.69) is 50.2 Å². The van der Waals surface area contributed by atoms with Crippen LogP contribution in [0.3, 0.4) is 0 Å². The van der Waals surface area contributed by atoms with E-state index in [1.807, 2.05) is 0 Å². The van der Waals surface area contributed by atoms with Crippen LogP contribution in [0.25, 0.3) is 0 Å². The van der Waals surface area contributed by atoms with Crippen LogP contribution in [0.2, 0.25) is 0 Å². The molecule has 0 spiro atoms. The van der Waals surface area contributed by atoms with Gasteiger partial charge < -0.3 is 4.90 Å². The first-order valence-corrected chi connectivity index (χ1v) is 10.5. The summed E-state index contributed by atoms with van der Waals surface area (Å²) in [6.07, 6.45) is 19.8. The zero-order valence-corrected chi connectivity index (χ0v) is 18.8. The Balaban J connectivity index is 0.00000576. The molecule has 0 aliphatic rings. The van der Waals surface area contributed by atoms with Gasteiger partial charge in [-0.05, 0) is 24.5 Å². The second-order valence-corrected chi connectivity index (χ2v) is 7.52. The summed E-state index contributed by atoms with van der Waals surface area (Å²) >= 11 is 0. The molecule has 0 N–H and O–H groups in total. The number of hydrogen-bond acceptors (Lipinski definition) is 1. The van der Waals surface area contributed by atoms with Gasteiger partial charge in [-0.15, -0.1) is 17.0 Å². The van der Waals surface area contributed by atoms with Crippen molar-refractivity contribution in [3.8, 4) is 0 Å². The maximum Gasteiger partial charge on any atom is 0.0393 e. The van der Waals surface area contributed by atoms with Crippen LogP contribution in [-0.2, 0) is 6.42 Å². The average molecular weight is 413 g/mol. The Kier molecular flexibility index (Phi) is 16.6. The topological polar surface area (TPSA) is 3.24 Å². The molecule has 0 aliphatic heterocycles. The van der Waals surface area contributed by atoms with Crippen LogP contribution in [0, 0.1) is 0 Å². The molecule has 1 aromatic rings. The lowest BCUT2D eigenvalue weighted by Crippen LogP contribution is -2.11. The summed E-state index contributed by atoms with van der Waals surface area (Å²) in [5.74, 6) is 0. The lowest BCUT2D eigenvalue weighted by atomic mass is 10.0. The van der Waals surface area contributed by atoms with Gasteiger partial charge in [0, 0.05) is 19.8 Å². The van der Waals surface area contributed by atoms with Gasteiger partial charge in [0.15, 0.2) is 0 Å². The van der Waals surface area contributed by atoms with Gasteiger partial charge in [-0.3, -0.25) is 0 Å². The maximum atomic E-state index is 2.29. The highest BCUT2D eigenvalue weighted by atomic mass is 79.9. The van der Waals surface area contributed by atoms with Crippen molar-refractivity contribution in [2.24, 2.45) is 0 Å². The molecule has 1 nitrogen and oxygen atoms in total. The number of hydrogen-bond donors (Lipinski definition) is 0. The van der Waals surface area contributed by atoms with Crippen molar-refractivity contribution in [3.63, 3.8) is 0 Å². The molecule has 0 saturated carbocycles. The van der Waals surface area contributed by atoms with Crippen LogP contribution in [-0.4, -0.2) is 14.1 Å². The molecule has 0 aromatic heterocycles. The Morgan fingerprint density at radius 3 is 1.56 bits per heavy atom. The molecular formula is C23H42BrN.